The summed E-state index contributed by atoms with van der Waals surface area (Å²) in [7, 11) is 3.03. The number of halogens is 1. The highest BCUT2D eigenvalue weighted by Crippen LogP contribution is 2.53. The van der Waals surface area contributed by atoms with Crippen molar-refractivity contribution < 1.29 is 33.0 Å². The molecule has 188 valence electrons. The summed E-state index contributed by atoms with van der Waals surface area (Å²) in [6.45, 7) is 0.0527. The van der Waals surface area contributed by atoms with E-state index in [9.17, 15) is 23.6 Å². The fourth-order valence-corrected chi connectivity index (χ4v) is 5.72. The molecule has 0 aromatic heterocycles. The first-order chi connectivity index (χ1) is 17.2. The van der Waals surface area contributed by atoms with Crippen LogP contribution in [-0.4, -0.2) is 55.3 Å². The Balaban J connectivity index is 1.49. The van der Waals surface area contributed by atoms with E-state index >= 15 is 0 Å². The summed E-state index contributed by atoms with van der Waals surface area (Å²) in [4.78, 5) is 53.4. The van der Waals surface area contributed by atoms with Crippen molar-refractivity contribution in [1.29, 1.82) is 0 Å². The lowest BCUT2D eigenvalue weighted by molar-refractivity contribution is -0.142. The Kier molecular flexibility index (Phi) is 5.67. The van der Waals surface area contributed by atoms with Crippen LogP contribution in [0.2, 0.25) is 0 Å². The average molecular weight is 496 g/mol. The predicted molar refractivity (Wildman–Crippen MR) is 124 cm³/mol. The SMILES string of the molecule is COc1ccc(CCN2C(=O)C3C(CC(N)=O)NC4(C(=O)Nc5ccc(F)cc54)C3C2=O)cc1OC. The van der Waals surface area contributed by atoms with E-state index in [2.05, 4.69) is 10.6 Å². The zero-order chi connectivity index (χ0) is 25.8. The van der Waals surface area contributed by atoms with Gasteiger partial charge < -0.3 is 20.5 Å². The minimum absolute atomic E-state index is 0.0527. The fourth-order valence-electron chi connectivity index (χ4n) is 5.72. The van der Waals surface area contributed by atoms with Crippen LogP contribution in [0.5, 0.6) is 11.5 Å². The number of nitrogens with zero attached hydrogens (tertiary/aromatic N) is 1. The van der Waals surface area contributed by atoms with Crippen LogP contribution in [0.1, 0.15) is 17.5 Å². The number of likely N-dealkylation sites (tertiary alicyclic amines) is 1. The largest absolute Gasteiger partial charge is 0.493 e. The molecule has 10 nitrogen and oxygen atoms in total. The van der Waals surface area contributed by atoms with Gasteiger partial charge in [0.2, 0.25) is 23.6 Å². The number of rotatable bonds is 7. The second kappa shape index (κ2) is 8.59. The predicted octanol–water partition coefficient (Wildman–Crippen LogP) is 0.681. The Morgan fingerprint density at radius 2 is 1.83 bits per heavy atom. The fraction of sp³-hybridized carbons (Fsp3) is 0.360. The maximum absolute atomic E-state index is 14.2. The van der Waals surface area contributed by atoms with Gasteiger partial charge in [-0.2, -0.15) is 0 Å². The molecule has 36 heavy (non-hydrogen) atoms. The summed E-state index contributed by atoms with van der Waals surface area (Å²) in [5, 5.41) is 5.72. The van der Waals surface area contributed by atoms with Crippen molar-refractivity contribution in [2.75, 3.05) is 26.1 Å². The van der Waals surface area contributed by atoms with Gasteiger partial charge in [0.15, 0.2) is 11.5 Å². The van der Waals surface area contributed by atoms with Crippen LogP contribution in [0.3, 0.4) is 0 Å². The third-order valence-electron chi connectivity index (χ3n) is 7.26. The molecule has 4 atom stereocenters. The lowest BCUT2D eigenvalue weighted by Crippen LogP contribution is -2.53. The molecule has 3 aliphatic heterocycles. The molecule has 0 aliphatic carbocycles. The van der Waals surface area contributed by atoms with Gasteiger partial charge in [-0.05, 0) is 42.3 Å². The molecule has 1 spiro atoms. The molecule has 0 saturated carbocycles. The van der Waals surface area contributed by atoms with Gasteiger partial charge in [0.25, 0.3) is 0 Å². The van der Waals surface area contributed by atoms with Crippen molar-refractivity contribution in [2.45, 2.75) is 24.4 Å². The van der Waals surface area contributed by atoms with Gasteiger partial charge in [-0.3, -0.25) is 29.4 Å². The van der Waals surface area contributed by atoms with Crippen LogP contribution in [0.25, 0.3) is 0 Å². The lowest BCUT2D eigenvalue weighted by atomic mass is 9.76. The topological polar surface area (TPSA) is 140 Å². The Morgan fingerprint density at radius 1 is 1.08 bits per heavy atom. The van der Waals surface area contributed by atoms with E-state index in [0.29, 0.717) is 23.6 Å². The van der Waals surface area contributed by atoms with Crippen molar-refractivity contribution >= 4 is 29.3 Å². The number of ether oxygens (including phenoxy) is 2. The van der Waals surface area contributed by atoms with Gasteiger partial charge in [0.05, 0.1) is 26.1 Å². The summed E-state index contributed by atoms with van der Waals surface area (Å²) >= 11 is 0. The summed E-state index contributed by atoms with van der Waals surface area (Å²) in [6, 6.07) is 8.20. The molecule has 0 bridgehead atoms. The van der Waals surface area contributed by atoms with E-state index in [0.717, 1.165) is 10.5 Å². The van der Waals surface area contributed by atoms with Crippen molar-refractivity contribution in [2.24, 2.45) is 17.6 Å². The van der Waals surface area contributed by atoms with Crippen molar-refractivity contribution in [3.63, 3.8) is 0 Å². The summed E-state index contributed by atoms with van der Waals surface area (Å²) < 4.78 is 24.8. The Morgan fingerprint density at radius 3 is 2.53 bits per heavy atom. The molecule has 2 aromatic carbocycles. The molecule has 11 heteroatoms. The smallest absolute Gasteiger partial charge is 0.250 e. The van der Waals surface area contributed by atoms with E-state index < -0.39 is 52.9 Å². The Labute approximate surface area is 205 Å². The summed E-state index contributed by atoms with van der Waals surface area (Å²) in [5.41, 5.74) is 5.12. The van der Waals surface area contributed by atoms with Crippen LogP contribution in [0.4, 0.5) is 10.1 Å². The zero-order valence-electron chi connectivity index (χ0n) is 19.7. The highest BCUT2D eigenvalue weighted by Gasteiger charge is 2.70. The average Bonchev–Trinajstić information content (AvgIpc) is 3.41. The zero-order valence-corrected chi connectivity index (χ0v) is 19.7. The number of hydrogen-bond acceptors (Lipinski definition) is 7. The third-order valence-corrected chi connectivity index (χ3v) is 7.26. The first kappa shape index (κ1) is 23.7. The van der Waals surface area contributed by atoms with E-state index in [1.165, 1.54) is 32.4 Å². The number of fused-ring (bicyclic) bond motifs is 4. The molecule has 4 amide bonds. The molecule has 2 aromatic rings. The number of nitrogens with one attached hydrogen (secondary N) is 2. The molecule has 3 heterocycles. The summed E-state index contributed by atoms with van der Waals surface area (Å²) in [5.74, 6) is -4.02. The van der Waals surface area contributed by atoms with Crippen LogP contribution in [0.15, 0.2) is 36.4 Å². The third kappa shape index (κ3) is 3.41. The van der Waals surface area contributed by atoms with E-state index in [1.54, 1.807) is 18.2 Å². The number of anilines is 1. The highest BCUT2D eigenvalue weighted by molar-refractivity contribution is 6.15. The number of primary amides is 1. The van der Waals surface area contributed by atoms with Gasteiger partial charge in [0, 0.05) is 30.3 Å². The normalized spacial score (nSPS) is 26.2. The number of nitrogens with two attached hydrogens (primary N) is 1. The molecule has 2 fully saturated rings. The lowest BCUT2D eigenvalue weighted by Gasteiger charge is -2.29. The van der Waals surface area contributed by atoms with Gasteiger partial charge in [-0.1, -0.05) is 6.07 Å². The standard InChI is InChI=1S/C25H25FN4O6/c1-35-17-6-3-12(9-18(17)36-2)7-8-30-22(32)20-16(11-19(27)31)29-25(21(20)23(30)33)14-10-13(26)4-5-15(14)28-24(25)34/h3-6,9-10,16,20-21,29H,7-8,11H2,1-2H3,(H2,27,31)(H,28,34). The minimum atomic E-state index is -1.69. The number of carbonyl (C=O) groups is 4. The van der Waals surface area contributed by atoms with Gasteiger partial charge >= 0.3 is 0 Å². The molecule has 2 saturated heterocycles. The van der Waals surface area contributed by atoms with Crippen LogP contribution < -0.4 is 25.8 Å². The van der Waals surface area contributed by atoms with Gasteiger partial charge in [-0.25, -0.2) is 4.39 Å². The monoisotopic (exact) mass is 496 g/mol. The van der Waals surface area contributed by atoms with Crippen LogP contribution in [-0.2, 0) is 31.1 Å². The first-order valence-corrected chi connectivity index (χ1v) is 11.4. The molecular formula is C25H25FN4O6. The van der Waals surface area contributed by atoms with Gasteiger partial charge in [-0.15, -0.1) is 0 Å². The molecule has 4 unspecified atom stereocenters. The van der Waals surface area contributed by atoms with Crippen molar-refractivity contribution in [3.8, 4) is 11.5 Å². The second-order valence-corrected chi connectivity index (χ2v) is 9.14. The van der Waals surface area contributed by atoms with Gasteiger partial charge in [0.1, 0.15) is 11.4 Å². The molecular weight excluding hydrogens is 471 g/mol. The molecule has 3 aliphatic rings. The van der Waals surface area contributed by atoms with Crippen LogP contribution >= 0.6 is 0 Å². The number of hydrogen-bond donors (Lipinski definition) is 3. The molecule has 4 N–H and O–H groups in total. The minimum Gasteiger partial charge on any atom is -0.493 e. The Hall–Kier alpha value is -3.99. The molecule has 5 rings (SSSR count). The maximum Gasteiger partial charge on any atom is 0.250 e. The number of methoxy groups -OCH3 is 2. The van der Waals surface area contributed by atoms with Crippen LogP contribution in [0, 0.1) is 17.7 Å². The van der Waals surface area contributed by atoms with Crippen molar-refractivity contribution in [1.82, 2.24) is 10.2 Å². The second-order valence-electron chi connectivity index (χ2n) is 9.14. The number of amides is 4. The van der Waals surface area contributed by atoms with E-state index in [1.807, 2.05) is 0 Å². The quantitative estimate of drug-likeness (QED) is 0.479. The molecule has 0 radical (unpaired) electrons. The first-order valence-electron chi connectivity index (χ1n) is 11.4. The van der Waals surface area contributed by atoms with E-state index in [4.69, 9.17) is 15.2 Å². The Bertz CT molecular complexity index is 1300. The number of imide groups is 1. The van der Waals surface area contributed by atoms with E-state index in [-0.39, 0.29) is 18.5 Å². The maximum atomic E-state index is 14.2. The van der Waals surface area contributed by atoms with Crippen molar-refractivity contribution in [3.05, 3.63) is 53.3 Å². The summed E-state index contributed by atoms with van der Waals surface area (Å²) in [6.07, 6.45) is 0.0684. The highest BCUT2D eigenvalue weighted by atomic mass is 19.1. The number of carbonyl (C=O) groups excluding carboxylic acids is 4. The number of benzene rings is 2.